The van der Waals surface area contributed by atoms with Gasteiger partial charge < -0.3 is 9.64 Å². The Balaban J connectivity index is 2.02. The number of benzene rings is 1. The first kappa shape index (κ1) is 14.9. The molecule has 2 rings (SSSR count). The fraction of sp³-hybridized carbons (Fsp3) is 0.588. The molecule has 0 bridgehead atoms. The second-order valence-corrected chi connectivity index (χ2v) is 5.86. The maximum absolute atomic E-state index is 12.6. The third kappa shape index (κ3) is 3.75. The van der Waals surface area contributed by atoms with E-state index in [1.807, 2.05) is 43.0 Å². The summed E-state index contributed by atoms with van der Waals surface area (Å²) >= 11 is 0. The van der Waals surface area contributed by atoms with Crippen LogP contribution in [-0.4, -0.2) is 30.0 Å². The molecule has 1 aliphatic heterocycles. The van der Waals surface area contributed by atoms with E-state index in [4.69, 9.17) is 4.74 Å². The van der Waals surface area contributed by atoms with Crippen LogP contribution in [0.25, 0.3) is 0 Å². The molecule has 1 aromatic carbocycles. The van der Waals surface area contributed by atoms with E-state index in [0.29, 0.717) is 12.3 Å². The van der Waals surface area contributed by atoms with E-state index in [1.165, 1.54) is 6.42 Å². The van der Waals surface area contributed by atoms with Gasteiger partial charge in [0.1, 0.15) is 5.75 Å². The van der Waals surface area contributed by atoms with Gasteiger partial charge in [-0.25, -0.2) is 0 Å². The van der Waals surface area contributed by atoms with Crippen LogP contribution < -0.4 is 4.74 Å². The Hall–Kier alpha value is -1.51. The van der Waals surface area contributed by atoms with E-state index < -0.39 is 0 Å². The number of amides is 1. The van der Waals surface area contributed by atoms with E-state index in [2.05, 4.69) is 6.92 Å². The number of ether oxygens (including phenoxy) is 1. The van der Waals surface area contributed by atoms with Crippen molar-refractivity contribution in [2.24, 2.45) is 5.92 Å². The largest absolute Gasteiger partial charge is 0.481 e. The highest BCUT2D eigenvalue weighted by molar-refractivity contribution is 5.81. The number of hydrogen-bond donors (Lipinski definition) is 0. The van der Waals surface area contributed by atoms with Gasteiger partial charge >= 0.3 is 0 Å². The second kappa shape index (κ2) is 6.78. The number of hydrogen-bond acceptors (Lipinski definition) is 2. The summed E-state index contributed by atoms with van der Waals surface area (Å²) in [7, 11) is 0. The second-order valence-electron chi connectivity index (χ2n) is 5.86. The molecule has 0 N–H and O–H groups in total. The van der Waals surface area contributed by atoms with Crippen molar-refractivity contribution in [2.45, 2.75) is 46.1 Å². The van der Waals surface area contributed by atoms with Crippen molar-refractivity contribution in [1.82, 2.24) is 4.90 Å². The Morgan fingerprint density at radius 3 is 2.95 bits per heavy atom. The normalized spacial score (nSPS) is 20.6. The van der Waals surface area contributed by atoms with Gasteiger partial charge in [0.15, 0.2) is 6.10 Å². The van der Waals surface area contributed by atoms with Crippen LogP contribution in [0.4, 0.5) is 0 Å². The van der Waals surface area contributed by atoms with E-state index >= 15 is 0 Å². The average molecular weight is 275 g/mol. The van der Waals surface area contributed by atoms with Crippen LogP contribution >= 0.6 is 0 Å². The Morgan fingerprint density at radius 2 is 2.30 bits per heavy atom. The highest BCUT2D eigenvalue weighted by atomic mass is 16.5. The maximum Gasteiger partial charge on any atom is 0.263 e. The van der Waals surface area contributed by atoms with Crippen LogP contribution in [-0.2, 0) is 4.79 Å². The molecule has 20 heavy (non-hydrogen) atoms. The first-order chi connectivity index (χ1) is 9.60. The number of piperidine rings is 1. The minimum Gasteiger partial charge on any atom is -0.481 e. The summed E-state index contributed by atoms with van der Waals surface area (Å²) in [4.78, 5) is 14.5. The van der Waals surface area contributed by atoms with Gasteiger partial charge in [-0.05, 0) is 49.8 Å². The monoisotopic (exact) mass is 275 g/mol. The van der Waals surface area contributed by atoms with E-state index in [-0.39, 0.29) is 12.0 Å². The zero-order valence-corrected chi connectivity index (χ0v) is 12.8. The van der Waals surface area contributed by atoms with Gasteiger partial charge in [0.05, 0.1) is 0 Å². The number of rotatable bonds is 4. The molecule has 0 saturated carbocycles. The van der Waals surface area contributed by atoms with Crippen molar-refractivity contribution in [3.8, 4) is 5.75 Å². The SMILES string of the molecule is CC[C@@H](Oc1cccc(C)c1)C(=O)N1CCC[C@H](C)C1. The molecule has 0 spiro atoms. The van der Waals surface area contributed by atoms with E-state index in [0.717, 1.165) is 30.8 Å². The van der Waals surface area contributed by atoms with Crippen molar-refractivity contribution >= 4 is 5.91 Å². The first-order valence-electron chi connectivity index (χ1n) is 7.62. The minimum absolute atomic E-state index is 0.139. The summed E-state index contributed by atoms with van der Waals surface area (Å²) in [5, 5.41) is 0. The van der Waals surface area contributed by atoms with Crippen molar-refractivity contribution in [2.75, 3.05) is 13.1 Å². The van der Waals surface area contributed by atoms with Crippen molar-refractivity contribution in [3.05, 3.63) is 29.8 Å². The lowest BCUT2D eigenvalue weighted by molar-refractivity contribution is -0.140. The summed E-state index contributed by atoms with van der Waals surface area (Å²) in [6.45, 7) is 7.98. The molecule has 1 fully saturated rings. The lowest BCUT2D eigenvalue weighted by atomic mass is 9.99. The summed E-state index contributed by atoms with van der Waals surface area (Å²) in [5.74, 6) is 1.53. The molecule has 1 heterocycles. The van der Waals surface area contributed by atoms with Gasteiger partial charge in [0.2, 0.25) is 0 Å². The highest BCUT2D eigenvalue weighted by Crippen LogP contribution is 2.20. The fourth-order valence-corrected chi connectivity index (χ4v) is 2.75. The zero-order valence-electron chi connectivity index (χ0n) is 12.8. The molecule has 1 aromatic rings. The topological polar surface area (TPSA) is 29.5 Å². The van der Waals surface area contributed by atoms with Crippen molar-refractivity contribution in [1.29, 1.82) is 0 Å². The summed E-state index contributed by atoms with van der Waals surface area (Å²) in [6.07, 6.45) is 2.67. The number of carbonyl (C=O) groups is 1. The van der Waals surface area contributed by atoms with Gasteiger partial charge in [-0.3, -0.25) is 4.79 Å². The van der Waals surface area contributed by atoms with Gasteiger partial charge in [0, 0.05) is 13.1 Å². The number of likely N-dealkylation sites (tertiary alicyclic amines) is 1. The molecule has 0 aromatic heterocycles. The van der Waals surface area contributed by atoms with Crippen LogP contribution in [0, 0.1) is 12.8 Å². The third-order valence-corrected chi connectivity index (χ3v) is 3.88. The zero-order chi connectivity index (χ0) is 14.5. The molecular formula is C17H25NO2. The first-order valence-corrected chi connectivity index (χ1v) is 7.62. The molecule has 3 heteroatoms. The number of carbonyl (C=O) groups excluding carboxylic acids is 1. The third-order valence-electron chi connectivity index (χ3n) is 3.88. The minimum atomic E-state index is -0.359. The Labute approximate surface area is 121 Å². The molecule has 1 amide bonds. The lowest BCUT2D eigenvalue weighted by Gasteiger charge is -2.33. The molecule has 2 atom stereocenters. The van der Waals surface area contributed by atoms with Gasteiger partial charge in [0.25, 0.3) is 5.91 Å². The highest BCUT2D eigenvalue weighted by Gasteiger charge is 2.27. The smallest absolute Gasteiger partial charge is 0.263 e. The standard InChI is InChI=1S/C17H25NO2/c1-4-16(20-15-9-5-7-13(2)11-15)17(19)18-10-6-8-14(3)12-18/h5,7,9,11,14,16H,4,6,8,10,12H2,1-3H3/t14-,16+/m0/s1. The van der Waals surface area contributed by atoms with Crippen LogP contribution in [0.2, 0.25) is 0 Å². The van der Waals surface area contributed by atoms with Gasteiger partial charge in [-0.2, -0.15) is 0 Å². The summed E-state index contributed by atoms with van der Waals surface area (Å²) < 4.78 is 5.90. The van der Waals surface area contributed by atoms with Gasteiger partial charge in [-0.1, -0.05) is 26.0 Å². The van der Waals surface area contributed by atoms with Crippen molar-refractivity contribution < 1.29 is 9.53 Å². The molecule has 0 aliphatic carbocycles. The van der Waals surface area contributed by atoms with Crippen LogP contribution in [0.1, 0.15) is 38.7 Å². The van der Waals surface area contributed by atoms with Crippen LogP contribution in [0.5, 0.6) is 5.75 Å². The summed E-state index contributed by atoms with van der Waals surface area (Å²) in [5.41, 5.74) is 1.15. The molecule has 1 aliphatic rings. The molecule has 1 saturated heterocycles. The molecule has 0 unspecified atom stereocenters. The average Bonchev–Trinajstić information content (AvgIpc) is 2.44. The van der Waals surface area contributed by atoms with Gasteiger partial charge in [-0.15, -0.1) is 0 Å². The fourth-order valence-electron chi connectivity index (χ4n) is 2.75. The maximum atomic E-state index is 12.6. The molecular weight excluding hydrogens is 250 g/mol. The quantitative estimate of drug-likeness (QED) is 0.842. The Kier molecular flexibility index (Phi) is 5.05. The Bertz CT molecular complexity index is 458. The Morgan fingerprint density at radius 1 is 1.50 bits per heavy atom. The molecule has 110 valence electrons. The predicted molar refractivity (Wildman–Crippen MR) is 80.9 cm³/mol. The molecule has 3 nitrogen and oxygen atoms in total. The summed E-state index contributed by atoms with van der Waals surface area (Å²) in [6, 6.07) is 7.89. The lowest BCUT2D eigenvalue weighted by Crippen LogP contribution is -2.46. The molecule has 0 radical (unpaired) electrons. The van der Waals surface area contributed by atoms with Crippen molar-refractivity contribution in [3.63, 3.8) is 0 Å². The van der Waals surface area contributed by atoms with Crippen LogP contribution in [0.15, 0.2) is 24.3 Å². The number of aryl methyl sites for hydroxylation is 1. The van der Waals surface area contributed by atoms with Crippen LogP contribution in [0.3, 0.4) is 0 Å². The van der Waals surface area contributed by atoms with E-state index in [1.54, 1.807) is 0 Å². The predicted octanol–water partition coefficient (Wildman–Crippen LogP) is 3.41. The van der Waals surface area contributed by atoms with E-state index in [9.17, 15) is 4.79 Å². The number of nitrogens with zero attached hydrogens (tertiary/aromatic N) is 1.